The van der Waals surface area contributed by atoms with E-state index in [0.717, 1.165) is 12.1 Å². The zero-order chi connectivity index (χ0) is 12.9. The third-order valence-corrected chi connectivity index (χ3v) is 4.31. The zero-order valence-electron chi connectivity index (χ0n) is 10.9. The molecule has 0 radical (unpaired) electrons. The molecule has 2 aliphatic rings. The molecule has 1 aromatic carbocycles. The first kappa shape index (κ1) is 11.5. The normalized spacial score (nSPS) is 25.6. The van der Waals surface area contributed by atoms with Gasteiger partial charge in [-0.3, -0.25) is 4.79 Å². The summed E-state index contributed by atoms with van der Waals surface area (Å²) < 4.78 is 0. The Morgan fingerprint density at radius 3 is 2.89 bits per heavy atom. The molecular formula is C14H19N3O. The Morgan fingerprint density at radius 1 is 1.44 bits per heavy atom. The number of carbonyl (C=O) groups is 1. The molecule has 2 aliphatic heterocycles. The molecule has 0 aliphatic carbocycles. The van der Waals surface area contributed by atoms with E-state index in [9.17, 15) is 4.79 Å². The van der Waals surface area contributed by atoms with Gasteiger partial charge in [0, 0.05) is 25.6 Å². The lowest BCUT2D eigenvalue weighted by Gasteiger charge is -2.36. The lowest BCUT2D eigenvalue weighted by Crippen LogP contribution is -2.47. The molecule has 2 N–H and O–H groups in total. The van der Waals surface area contributed by atoms with Crippen molar-refractivity contribution in [1.82, 2.24) is 0 Å². The van der Waals surface area contributed by atoms with Crippen LogP contribution in [0.5, 0.6) is 0 Å². The summed E-state index contributed by atoms with van der Waals surface area (Å²) in [5, 5.41) is 0. The Hall–Kier alpha value is -1.55. The predicted octanol–water partition coefficient (Wildman–Crippen LogP) is 1.30. The molecule has 1 amide bonds. The van der Waals surface area contributed by atoms with Crippen LogP contribution in [0.1, 0.15) is 24.8 Å². The quantitative estimate of drug-likeness (QED) is 0.854. The highest BCUT2D eigenvalue weighted by Gasteiger charge is 2.42. The molecular weight excluding hydrogens is 226 g/mol. The van der Waals surface area contributed by atoms with Crippen molar-refractivity contribution in [2.75, 3.05) is 29.9 Å². The molecule has 0 saturated heterocycles. The fourth-order valence-corrected chi connectivity index (χ4v) is 3.39. The molecule has 0 aromatic heterocycles. The van der Waals surface area contributed by atoms with Crippen LogP contribution in [0.4, 0.5) is 11.4 Å². The van der Waals surface area contributed by atoms with Gasteiger partial charge in [0.25, 0.3) is 0 Å². The molecule has 0 spiro atoms. The van der Waals surface area contributed by atoms with Crippen molar-refractivity contribution in [3.8, 4) is 0 Å². The van der Waals surface area contributed by atoms with E-state index in [0.29, 0.717) is 25.0 Å². The van der Waals surface area contributed by atoms with E-state index >= 15 is 0 Å². The van der Waals surface area contributed by atoms with Crippen LogP contribution in [0.15, 0.2) is 18.2 Å². The van der Waals surface area contributed by atoms with E-state index in [1.165, 1.54) is 11.3 Å². The third kappa shape index (κ3) is 1.32. The summed E-state index contributed by atoms with van der Waals surface area (Å²) in [6.45, 7) is 3.29. The summed E-state index contributed by atoms with van der Waals surface area (Å²) in [5.74, 6) is 0.514. The highest BCUT2D eigenvalue weighted by atomic mass is 16.2. The van der Waals surface area contributed by atoms with Crippen molar-refractivity contribution in [3.05, 3.63) is 23.8 Å². The van der Waals surface area contributed by atoms with Crippen LogP contribution in [0, 0.1) is 0 Å². The Kier molecular flexibility index (Phi) is 2.55. The fraction of sp³-hybridized carbons (Fsp3) is 0.500. The van der Waals surface area contributed by atoms with Crippen molar-refractivity contribution in [2.45, 2.75) is 25.3 Å². The van der Waals surface area contributed by atoms with Gasteiger partial charge in [-0.15, -0.1) is 0 Å². The molecule has 18 heavy (non-hydrogen) atoms. The van der Waals surface area contributed by atoms with Crippen LogP contribution in [-0.4, -0.2) is 32.1 Å². The average Bonchev–Trinajstić information content (AvgIpc) is 2.70. The number of hydrogen-bond acceptors (Lipinski definition) is 3. The molecule has 3 rings (SSSR count). The summed E-state index contributed by atoms with van der Waals surface area (Å²) in [5.41, 5.74) is 9.50. The molecule has 0 unspecified atom stereocenters. The predicted molar refractivity (Wildman–Crippen MR) is 73.1 cm³/mol. The summed E-state index contributed by atoms with van der Waals surface area (Å²) in [6.07, 6.45) is 1.02. The Balaban J connectivity index is 2.19. The number of nitrogens with two attached hydrogens (primary N) is 1. The van der Waals surface area contributed by atoms with E-state index in [-0.39, 0.29) is 5.91 Å². The van der Waals surface area contributed by atoms with Crippen LogP contribution in [0.3, 0.4) is 0 Å². The first-order valence-electron chi connectivity index (χ1n) is 6.55. The van der Waals surface area contributed by atoms with Gasteiger partial charge in [0.05, 0.1) is 17.9 Å². The van der Waals surface area contributed by atoms with Crippen molar-refractivity contribution in [3.63, 3.8) is 0 Å². The Morgan fingerprint density at radius 2 is 2.22 bits per heavy atom. The van der Waals surface area contributed by atoms with E-state index in [1.807, 2.05) is 19.2 Å². The van der Waals surface area contributed by atoms with Crippen molar-refractivity contribution >= 4 is 17.3 Å². The number of rotatable bonds is 2. The molecule has 0 fully saturated rings. The van der Waals surface area contributed by atoms with E-state index in [4.69, 9.17) is 5.73 Å². The van der Waals surface area contributed by atoms with Crippen molar-refractivity contribution in [2.24, 2.45) is 5.73 Å². The molecule has 2 heterocycles. The maximum Gasteiger partial charge on any atom is 0.246 e. The summed E-state index contributed by atoms with van der Waals surface area (Å²) in [6, 6.07) is 6.57. The standard InChI is InChI=1S/C14H19N3O/c1-3-11-10(7-15)9-5-4-6-12-14(9)17(11)8-13(18)16(12)2/h4-6,10-11H,3,7-8,15H2,1-2H3/t10-,11-/m0/s1. The summed E-state index contributed by atoms with van der Waals surface area (Å²) in [4.78, 5) is 16.1. The zero-order valence-corrected chi connectivity index (χ0v) is 10.9. The van der Waals surface area contributed by atoms with Crippen LogP contribution >= 0.6 is 0 Å². The third-order valence-electron chi connectivity index (χ3n) is 4.31. The first-order valence-corrected chi connectivity index (χ1v) is 6.55. The number of likely N-dealkylation sites (N-methyl/N-ethyl adjacent to an activating group) is 1. The molecule has 1 aromatic rings. The molecule has 4 heteroatoms. The van der Waals surface area contributed by atoms with Gasteiger partial charge in [0.2, 0.25) is 5.91 Å². The topological polar surface area (TPSA) is 49.6 Å². The molecule has 0 saturated carbocycles. The second-order valence-electron chi connectivity index (χ2n) is 5.11. The number of anilines is 2. The lowest BCUT2D eigenvalue weighted by molar-refractivity contribution is -0.117. The van der Waals surface area contributed by atoms with Crippen LogP contribution in [0.25, 0.3) is 0 Å². The lowest BCUT2D eigenvalue weighted by atomic mass is 9.93. The highest BCUT2D eigenvalue weighted by Crippen LogP contribution is 2.48. The van der Waals surface area contributed by atoms with Gasteiger partial charge < -0.3 is 15.5 Å². The number of benzene rings is 1. The Labute approximate surface area is 107 Å². The fourth-order valence-electron chi connectivity index (χ4n) is 3.39. The van der Waals surface area contributed by atoms with Crippen molar-refractivity contribution in [1.29, 1.82) is 0 Å². The second-order valence-corrected chi connectivity index (χ2v) is 5.11. The van der Waals surface area contributed by atoms with Crippen molar-refractivity contribution < 1.29 is 4.79 Å². The Bertz CT molecular complexity index is 500. The number of carbonyl (C=O) groups excluding carboxylic acids is 1. The van der Waals surface area contributed by atoms with Crippen LogP contribution < -0.4 is 15.5 Å². The van der Waals surface area contributed by atoms with E-state index in [2.05, 4.69) is 17.9 Å². The minimum atomic E-state index is 0.163. The smallest absolute Gasteiger partial charge is 0.246 e. The van der Waals surface area contributed by atoms with E-state index < -0.39 is 0 Å². The SMILES string of the molecule is CC[C@H]1[C@@H](CN)c2cccc3c2N1CC(=O)N3C. The number of hydrogen-bond donors (Lipinski definition) is 1. The molecule has 2 atom stereocenters. The van der Waals surface area contributed by atoms with Gasteiger partial charge in [-0.05, 0) is 18.1 Å². The summed E-state index contributed by atoms with van der Waals surface area (Å²) in [7, 11) is 1.85. The van der Waals surface area contributed by atoms with Crippen LogP contribution in [-0.2, 0) is 4.79 Å². The van der Waals surface area contributed by atoms with Crippen LogP contribution in [0.2, 0.25) is 0 Å². The number of nitrogens with zero attached hydrogens (tertiary/aromatic N) is 2. The minimum absolute atomic E-state index is 0.163. The van der Waals surface area contributed by atoms with Gasteiger partial charge in [0.1, 0.15) is 0 Å². The van der Waals surface area contributed by atoms with Gasteiger partial charge in [-0.25, -0.2) is 0 Å². The molecule has 0 bridgehead atoms. The largest absolute Gasteiger partial charge is 0.357 e. The maximum atomic E-state index is 12.1. The highest BCUT2D eigenvalue weighted by molar-refractivity contribution is 6.04. The molecule has 96 valence electrons. The number of amides is 1. The van der Waals surface area contributed by atoms with E-state index in [1.54, 1.807) is 4.90 Å². The number of para-hydroxylation sites is 1. The molecule has 4 nitrogen and oxygen atoms in total. The van der Waals surface area contributed by atoms with Gasteiger partial charge >= 0.3 is 0 Å². The second kappa shape index (κ2) is 3.99. The first-order chi connectivity index (χ1) is 8.69. The summed E-state index contributed by atoms with van der Waals surface area (Å²) >= 11 is 0. The van der Waals surface area contributed by atoms with Gasteiger partial charge in [-0.1, -0.05) is 19.1 Å². The average molecular weight is 245 g/mol. The monoisotopic (exact) mass is 245 g/mol. The minimum Gasteiger partial charge on any atom is -0.357 e. The van der Waals surface area contributed by atoms with Gasteiger partial charge in [-0.2, -0.15) is 0 Å². The maximum absolute atomic E-state index is 12.1. The van der Waals surface area contributed by atoms with Gasteiger partial charge in [0.15, 0.2) is 0 Å².